The van der Waals surface area contributed by atoms with Crippen LogP contribution >= 0.6 is 45.2 Å². The summed E-state index contributed by atoms with van der Waals surface area (Å²) in [5, 5.41) is 0. The van der Waals surface area contributed by atoms with Crippen LogP contribution in [0, 0.1) is 7.14 Å². The first-order chi connectivity index (χ1) is 6.97. The van der Waals surface area contributed by atoms with E-state index in [0.29, 0.717) is 5.56 Å². The summed E-state index contributed by atoms with van der Waals surface area (Å²) in [7, 11) is 5.12. The van der Waals surface area contributed by atoms with Crippen molar-refractivity contribution in [1.82, 2.24) is 4.90 Å². The Morgan fingerprint density at radius 3 is 2.07 bits per heavy atom. The van der Waals surface area contributed by atoms with Gasteiger partial charge in [-0.3, -0.25) is 4.79 Å². The van der Waals surface area contributed by atoms with E-state index in [4.69, 9.17) is 4.74 Å². The zero-order chi connectivity index (χ0) is 11.6. The molecule has 0 fully saturated rings. The van der Waals surface area contributed by atoms with Crippen LogP contribution in [0.15, 0.2) is 12.1 Å². The van der Waals surface area contributed by atoms with E-state index in [1.54, 1.807) is 26.1 Å². The molecule has 15 heavy (non-hydrogen) atoms. The zero-order valence-corrected chi connectivity index (χ0v) is 13.0. The van der Waals surface area contributed by atoms with Crippen molar-refractivity contribution < 1.29 is 9.53 Å². The molecule has 0 spiro atoms. The van der Waals surface area contributed by atoms with Crippen LogP contribution in [0.1, 0.15) is 10.4 Å². The molecule has 1 aromatic carbocycles. The first-order valence-corrected chi connectivity index (χ1v) is 6.37. The fourth-order valence-electron chi connectivity index (χ4n) is 1.14. The molecule has 82 valence electrons. The summed E-state index contributed by atoms with van der Waals surface area (Å²) in [4.78, 5) is 13.3. The number of carbonyl (C=O) groups excluding carboxylic acids is 1. The van der Waals surface area contributed by atoms with Crippen LogP contribution in [0.5, 0.6) is 5.75 Å². The van der Waals surface area contributed by atoms with Gasteiger partial charge in [-0.05, 0) is 57.3 Å². The summed E-state index contributed by atoms with van der Waals surface area (Å²) in [5.41, 5.74) is 0.689. The van der Waals surface area contributed by atoms with Gasteiger partial charge in [0.15, 0.2) is 0 Å². The highest BCUT2D eigenvalue weighted by Gasteiger charge is 2.13. The van der Waals surface area contributed by atoms with E-state index in [1.165, 1.54) is 0 Å². The van der Waals surface area contributed by atoms with Crippen molar-refractivity contribution >= 4 is 51.1 Å². The Bertz CT molecular complexity index is 368. The number of rotatable bonds is 2. The topological polar surface area (TPSA) is 29.5 Å². The van der Waals surface area contributed by atoms with Gasteiger partial charge < -0.3 is 9.64 Å². The second-order valence-electron chi connectivity index (χ2n) is 3.17. The minimum absolute atomic E-state index is 0.00786. The van der Waals surface area contributed by atoms with Crippen molar-refractivity contribution in [3.8, 4) is 5.75 Å². The Balaban J connectivity index is 3.20. The molecule has 1 rings (SSSR count). The molecule has 0 saturated carbocycles. The number of nitrogens with zero attached hydrogens (tertiary/aromatic N) is 1. The summed E-state index contributed by atoms with van der Waals surface area (Å²) in [6, 6.07) is 3.67. The molecule has 0 saturated heterocycles. The molecule has 1 aromatic rings. The Morgan fingerprint density at radius 2 is 1.73 bits per heavy atom. The van der Waals surface area contributed by atoms with Crippen molar-refractivity contribution in [3.05, 3.63) is 24.8 Å². The van der Waals surface area contributed by atoms with Crippen LogP contribution in [-0.2, 0) is 0 Å². The molecule has 0 aliphatic carbocycles. The van der Waals surface area contributed by atoms with Gasteiger partial charge in [-0.15, -0.1) is 0 Å². The fourth-order valence-corrected chi connectivity index (χ4v) is 3.35. The Hall–Kier alpha value is -0.0500. The molecular formula is C10H11I2NO2. The van der Waals surface area contributed by atoms with Crippen LogP contribution in [0.25, 0.3) is 0 Å². The minimum Gasteiger partial charge on any atom is -0.495 e. The molecule has 0 aromatic heterocycles. The fraction of sp³-hybridized carbons (Fsp3) is 0.300. The van der Waals surface area contributed by atoms with Gasteiger partial charge in [-0.25, -0.2) is 0 Å². The number of hydrogen-bond donors (Lipinski definition) is 0. The number of halogens is 2. The van der Waals surface area contributed by atoms with E-state index >= 15 is 0 Å². The molecule has 0 heterocycles. The van der Waals surface area contributed by atoms with Crippen molar-refractivity contribution in [2.75, 3.05) is 21.2 Å². The molecular weight excluding hydrogens is 420 g/mol. The van der Waals surface area contributed by atoms with Gasteiger partial charge in [0.1, 0.15) is 5.75 Å². The van der Waals surface area contributed by atoms with Crippen molar-refractivity contribution in [2.24, 2.45) is 0 Å². The molecule has 0 radical (unpaired) electrons. The van der Waals surface area contributed by atoms with Crippen molar-refractivity contribution in [3.63, 3.8) is 0 Å². The van der Waals surface area contributed by atoms with Crippen molar-refractivity contribution in [2.45, 2.75) is 0 Å². The maximum Gasteiger partial charge on any atom is 0.253 e. The van der Waals surface area contributed by atoms with Gasteiger partial charge in [0.25, 0.3) is 5.91 Å². The van der Waals surface area contributed by atoms with E-state index in [1.807, 2.05) is 12.1 Å². The third kappa shape index (κ3) is 2.96. The summed E-state index contributed by atoms with van der Waals surface area (Å²) in [6.45, 7) is 0. The Morgan fingerprint density at radius 1 is 1.27 bits per heavy atom. The van der Waals surface area contributed by atoms with Crippen LogP contribution in [0.3, 0.4) is 0 Å². The Labute approximate surface area is 116 Å². The first kappa shape index (κ1) is 13.0. The van der Waals surface area contributed by atoms with Gasteiger partial charge in [0, 0.05) is 19.7 Å². The lowest BCUT2D eigenvalue weighted by atomic mass is 10.2. The van der Waals surface area contributed by atoms with Gasteiger partial charge >= 0.3 is 0 Å². The number of carbonyl (C=O) groups is 1. The lowest BCUT2D eigenvalue weighted by molar-refractivity contribution is 0.0827. The molecule has 1 amide bonds. The minimum atomic E-state index is 0.00786. The van der Waals surface area contributed by atoms with Gasteiger partial charge in [0.05, 0.1) is 14.3 Å². The first-order valence-electron chi connectivity index (χ1n) is 4.22. The molecule has 0 atom stereocenters. The average Bonchev–Trinajstić information content (AvgIpc) is 2.15. The number of hydrogen-bond acceptors (Lipinski definition) is 2. The predicted molar refractivity (Wildman–Crippen MR) is 76.4 cm³/mol. The normalized spacial score (nSPS) is 9.93. The van der Waals surface area contributed by atoms with Crippen LogP contribution in [-0.4, -0.2) is 32.0 Å². The lowest BCUT2D eigenvalue weighted by Crippen LogP contribution is -2.21. The largest absolute Gasteiger partial charge is 0.495 e. The average molecular weight is 431 g/mol. The number of benzene rings is 1. The van der Waals surface area contributed by atoms with E-state index in [9.17, 15) is 4.79 Å². The summed E-state index contributed by atoms with van der Waals surface area (Å²) >= 11 is 4.34. The molecule has 3 nitrogen and oxygen atoms in total. The second kappa shape index (κ2) is 5.33. The summed E-state index contributed by atoms with van der Waals surface area (Å²) < 4.78 is 7.13. The molecule has 0 aliphatic heterocycles. The van der Waals surface area contributed by atoms with Gasteiger partial charge in [-0.2, -0.15) is 0 Å². The van der Waals surface area contributed by atoms with E-state index in [2.05, 4.69) is 45.2 Å². The van der Waals surface area contributed by atoms with Crippen LogP contribution < -0.4 is 4.74 Å². The summed E-state index contributed by atoms with van der Waals surface area (Å²) in [6.07, 6.45) is 0. The Kier molecular flexibility index (Phi) is 4.63. The SMILES string of the molecule is COc1c(I)cc(C(=O)N(C)C)cc1I. The number of amides is 1. The highest BCUT2D eigenvalue weighted by Crippen LogP contribution is 2.28. The standard InChI is InChI=1S/C10H11I2NO2/c1-13(2)10(14)6-4-7(11)9(15-3)8(12)5-6/h4-5H,1-3H3. The molecule has 0 N–H and O–H groups in total. The zero-order valence-electron chi connectivity index (χ0n) is 8.67. The van der Waals surface area contributed by atoms with Crippen LogP contribution in [0.2, 0.25) is 0 Å². The molecule has 0 aliphatic rings. The molecule has 0 unspecified atom stereocenters. The van der Waals surface area contributed by atoms with Gasteiger partial charge in [0.2, 0.25) is 0 Å². The van der Waals surface area contributed by atoms with E-state index in [0.717, 1.165) is 12.9 Å². The molecule has 5 heteroatoms. The molecule has 0 bridgehead atoms. The van der Waals surface area contributed by atoms with E-state index < -0.39 is 0 Å². The monoisotopic (exact) mass is 431 g/mol. The van der Waals surface area contributed by atoms with Crippen molar-refractivity contribution in [1.29, 1.82) is 0 Å². The maximum atomic E-state index is 11.7. The maximum absolute atomic E-state index is 11.7. The third-order valence-corrected chi connectivity index (χ3v) is 3.46. The van der Waals surface area contributed by atoms with Gasteiger partial charge in [-0.1, -0.05) is 0 Å². The number of methoxy groups -OCH3 is 1. The second-order valence-corrected chi connectivity index (χ2v) is 5.50. The third-order valence-electron chi connectivity index (χ3n) is 1.86. The highest BCUT2D eigenvalue weighted by molar-refractivity contribution is 14.1. The quantitative estimate of drug-likeness (QED) is 0.675. The smallest absolute Gasteiger partial charge is 0.253 e. The number of ether oxygens (including phenoxy) is 1. The van der Waals surface area contributed by atoms with Crippen LogP contribution in [0.4, 0.5) is 0 Å². The highest BCUT2D eigenvalue weighted by atomic mass is 127. The predicted octanol–water partition coefficient (Wildman–Crippen LogP) is 2.61. The summed E-state index contributed by atoms with van der Waals surface area (Å²) in [5.74, 6) is 0.833. The van der Waals surface area contributed by atoms with E-state index in [-0.39, 0.29) is 5.91 Å². The lowest BCUT2D eigenvalue weighted by Gasteiger charge is -2.13.